The first-order valence-electron chi connectivity index (χ1n) is 5.27. The van der Waals surface area contributed by atoms with E-state index in [1.165, 1.54) is 12.1 Å². The molecule has 1 saturated heterocycles. The van der Waals surface area contributed by atoms with Crippen molar-refractivity contribution in [3.05, 3.63) is 29.3 Å². The van der Waals surface area contributed by atoms with Crippen molar-refractivity contribution < 1.29 is 18.3 Å². The van der Waals surface area contributed by atoms with Gasteiger partial charge in [-0.1, -0.05) is 17.7 Å². The fraction of sp³-hybridized carbons (Fsp3) is 0.455. The highest BCUT2D eigenvalue weighted by Gasteiger charge is 2.36. The summed E-state index contributed by atoms with van der Waals surface area (Å²) in [5.74, 6) is 0. The molecule has 1 aromatic rings. The molecule has 0 radical (unpaired) electrons. The van der Waals surface area contributed by atoms with Gasteiger partial charge in [-0.25, -0.2) is 8.42 Å². The fourth-order valence-corrected chi connectivity index (χ4v) is 3.80. The summed E-state index contributed by atoms with van der Waals surface area (Å²) in [7, 11) is -3.59. The maximum absolute atomic E-state index is 12.3. The topological polar surface area (TPSA) is 63.6 Å². The summed E-state index contributed by atoms with van der Waals surface area (Å²) in [6.45, 7) is 0.415. The summed E-state index contributed by atoms with van der Waals surface area (Å²) in [6.07, 6.45) is -0.544. The Kier molecular flexibility index (Phi) is 3.73. The first-order chi connectivity index (χ1) is 8.01. The monoisotopic (exact) mass is 276 g/mol. The van der Waals surface area contributed by atoms with Crippen molar-refractivity contribution in [3.8, 4) is 0 Å². The zero-order valence-corrected chi connectivity index (χ0v) is 10.6. The van der Waals surface area contributed by atoms with E-state index < -0.39 is 21.2 Å². The van der Waals surface area contributed by atoms with E-state index in [0.717, 1.165) is 0 Å². The van der Waals surface area contributed by atoms with Crippen molar-refractivity contribution in [1.82, 2.24) is 0 Å². The molecule has 4 nitrogen and oxygen atoms in total. The number of aliphatic hydroxyl groups excluding tert-OH is 1. The van der Waals surface area contributed by atoms with Crippen LogP contribution >= 0.6 is 11.6 Å². The van der Waals surface area contributed by atoms with Gasteiger partial charge in [0.15, 0.2) is 9.84 Å². The van der Waals surface area contributed by atoms with E-state index in [-0.39, 0.29) is 11.5 Å². The number of benzene rings is 1. The normalized spacial score (nSPS) is 25.8. The highest BCUT2D eigenvalue weighted by molar-refractivity contribution is 7.92. The van der Waals surface area contributed by atoms with Crippen LogP contribution < -0.4 is 0 Å². The van der Waals surface area contributed by atoms with E-state index in [2.05, 4.69) is 0 Å². The van der Waals surface area contributed by atoms with Crippen LogP contribution in [0.15, 0.2) is 29.2 Å². The minimum absolute atomic E-state index is 0.0238. The molecule has 0 amide bonds. The van der Waals surface area contributed by atoms with Crippen molar-refractivity contribution in [3.63, 3.8) is 0 Å². The van der Waals surface area contributed by atoms with Gasteiger partial charge in [0.05, 0.1) is 17.6 Å². The molecule has 17 heavy (non-hydrogen) atoms. The smallest absolute Gasteiger partial charge is 0.186 e. The third-order valence-corrected chi connectivity index (χ3v) is 5.19. The standard InChI is InChI=1S/C11H13ClO4S/c12-8-2-1-3-9(6-8)17(14,15)11-7-16-5-4-10(11)13/h1-3,6,10-11,13H,4-5,7H2. The van der Waals surface area contributed by atoms with Crippen LogP contribution in [0.4, 0.5) is 0 Å². The maximum atomic E-state index is 12.3. The minimum atomic E-state index is -3.59. The van der Waals surface area contributed by atoms with Crippen LogP contribution in [-0.2, 0) is 14.6 Å². The first-order valence-corrected chi connectivity index (χ1v) is 7.19. The SMILES string of the molecule is O=S(=O)(c1cccc(Cl)c1)C1COCCC1O. The third-order valence-electron chi connectivity index (χ3n) is 2.79. The molecule has 2 atom stereocenters. The van der Waals surface area contributed by atoms with Gasteiger partial charge in [-0.15, -0.1) is 0 Å². The zero-order valence-electron chi connectivity index (χ0n) is 9.04. The number of ether oxygens (including phenoxy) is 1. The number of rotatable bonds is 2. The van der Waals surface area contributed by atoms with E-state index in [9.17, 15) is 13.5 Å². The van der Waals surface area contributed by atoms with Gasteiger partial charge in [-0.05, 0) is 24.6 Å². The van der Waals surface area contributed by atoms with E-state index in [1.54, 1.807) is 12.1 Å². The molecule has 0 saturated carbocycles. The second-order valence-electron chi connectivity index (χ2n) is 3.97. The van der Waals surface area contributed by atoms with E-state index in [1.807, 2.05) is 0 Å². The highest BCUT2D eigenvalue weighted by Crippen LogP contribution is 2.24. The van der Waals surface area contributed by atoms with Gasteiger partial charge in [-0.2, -0.15) is 0 Å². The molecular formula is C11H13ClO4S. The summed E-state index contributed by atoms with van der Waals surface area (Å²) in [5.41, 5.74) is 0. The molecule has 6 heteroatoms. The lowest BCUT2D eigenvalue weighted by atomic mass is 10.1. The van der Waals surface area contributed by atoms with E-state index in [0.29, 0.717) is 18.1 Å². The molecule has 1 fully saturated rings. The molecule has 0 aliphatic carbocycles. The Hall–Kier alpha value is -0.620. The third kappa shape index (κ3) is 2.63. The molecule has 1 heterocycles. The molecule has 0 aromatic heterocycles. The van der Waals surface area contributed by atoms with E-state index in [4.69, 9.17) is 16.3 Å². The Morgan fingerprint density at radius 3 is 2.82 bits per heavy atom. The van der Waals surface area contributed by atoms with Gasteiger partial charge in [0.1, 0.15) is 5.25 Å². The summed E-state index contributed by atoms with van der Waals surface area (Å²) in [4.78, 5) is 0.125. The predicted octanol–water partition coefficient (Wildman–Crippen LogP) is 1.26. The molecule has 1 N–H and O–H groups in total. The molecule has 1 aromatic carbocycles. The van der Waals surface area contributed by atoms with Crippen molar-refractivity contribution in [2.24, 2.45) is 0 Å². The van der Waals surface area contributed by atoms with Crippen LogP contribution in [0.25, 0.3) is 0 Å². The molecule has 2 rings (SSSR count). The summed E-state index contributed by atoms with van der Waals surface area (Å²) < 4.78 is 29.6. The summed E-state index contributed by atoms with van der Waals surface area (Å²) in [5, 5.41) is 9.19. The maximum Gasteiger partial charge on any atom is 0.186 e. The largest absolute Gasteiger partial charge is 0.392 e. The van der Waals surface area contributed by atoms with Gasteiger partial charge in [0, 0.05) is 11.6 Å². The van der Waals surface area contributed by atoms with Crippen LogP contribution in [0.3, 0.4) is 0 Å². The lowest BCUT2D eigenvalue weighted by molar-refractivity contribution is 0.0175. The lowest BCUT2D eigenvalue weighted by Crippen LogP contribution is -2.42. The van der Waals surface area contributed by atoms with Crippen LogP contribution in [0, 0.1) is 0 Å². The number of aliphatic hydroxyl groups is 1. The number of sulfone groups is 1. The van der Waals surface area contributed by atoms with Crippen molar-refractivity contribution >= 4 is 21.4 Å². The summed E-state index contributed by atoms with van der Waals surface area (Å²) in [6, 6.07) is 6.04. The Labute approximate surface area is 105 Å². The Morgan fingerprint density at radius 1 is 1.41 bits per heavy atom. The van der Waals surface area contributed by atoms with Gasteiger partial charge < -0.3 is 9.84 Å². The quantitative estimate of drug-likeness (QED) is 0.883. The highest BCUT2D eigenvalue weighted by atomic mass is 35.5. The average molecular weight is 277 g/mol. The Bertz CT molecular complexity index is 500. The molecule has 0 spiro atoms. The van der Waals surface area contributed by atoms with Gasteiger partial charge in [-0.3, -0.25) is 0 Å². The van der Waals surface area contributed by atoms with Crippen molar-refractivity contribution in [1.29, 1.82) is 0 Å². The molecule has 94 valence electrons. The van der Waals surface area contributed by atoms with Gasteiger partial charge in [0.2, 0.25) is 0 Å². The number of halogens is 1. The lowest BCUT2D eigenvalue weighted by Gasteiger charge is -2.27. The minimum Gasteiger partial charge on any atom is -0.392 e. The Balaban J connectivity index is 2.35. The van der Waals surface area contributed by atoms with Crippen LogP contribution in [0.1, 0.15) is 6.42 Å². The first kappa shape index (κ1) is 12.8. The summed E-state index contributed by atoms with van der Waals surface area (Å²) >= 11 is 5.77. The number of hydrogen-bond acceptors (Lipinski definition) is 4. The fourth-order valence-electron chi connectivity index (χ4n) is 1.82. The molecule has 1 aliphatic heterocycles. The second kappa shape index (κ2) is 4.94. The predicted molar refractivity (Wildman–Crippen MR) is 63.9 cm³/mol. The molecule has 1 aliphatic rings. The zero-order chi connectivity index (χ0) is 12.5. The van der Waals surface area contributed by atoms with Crippen LogP contribution in [0.2, 0.25) is 5.02 Å². The Morgan fingerprint density at radius 2 is 2.18 bits per heavy atom. The van der Waals surface area contributed by atoms with Crippen LogP contribution in [-0.4, -0.2) is 38.1 Å². The molecular weight excluding hydrogens is 264 g/mol. The van der Waals surface area contributed by atoms with Crippen molar-refractivity contribution in [2.45, 2.75) is 22.7 Å². The van der Waals surface area contributed by atoms with Crippen LogP contribution in [0.5, 0.6) is 0 Å². The van der Waals surface area contributed by atoms with Crippen molar-refractivity contribution in [2.75, 3.05) is 13.2 Å². The molecule has 2 unspecified atom stereocenters. The van der Waals surface area contributed by atoms with Gasteiger partial charge >= 0.3 is 0 Å². The van der Waals surface area contributed by atoms with E-state index >= 15 is 0 Å². The second-order valence-corrected chi connectivity index (χ2v) is 6.58. The molecule has 0 bridgehead atoms. The number of hydrogen-bond donors (Lipinski definition) is 1. The van der Waals surface area contributed by atoms with Gasteiger partial charge in [0.25, 0.3) is 0 Å². The average Bonchev–Trinajstić information content (AvgIpc) is 2.29.